The van der Waals surface area contributed by atoms with Crippen LogP contribution in [0.15, 0.2) is 46.0 Å². The minimum absolute atomic E-state index is 0. The van der Waals surface area contributed by atoms with Crippen LogP contribution >= 0.6 is 24.0 Å². The van der Waals surface area contributed by atoms with Crippen LogP contribution in [-0.4, -0.2) is 38.8 Å². The minimum Gasteiger partial charge on any atom is -0.469 e. The summed E-state index contributed by atoms with van der Waals surface area (Å²) in [7, 11) is 0. The van der Waals surface area contributed by atoms with Crippen molar-refractivity contribution in [1.82, 2.24) is 10.6 Å². The first-order valence-corrected chi connectivity index (χ1v) is 9.88. The maximum Gasteiger partial charge on any atom is 0.191 e. The number of nitrogens with zero attached hydrogens (tertiary/aromatic N) is 1. The van der Waals surface area contributed by atoms with Gasteiger partial charge in [-0.25, -0.2) is 0 Å². The van der Waals surface area contributed by atoms with Crippen molar-refractivity contribution in [3.8, 4) is 0 Å². The second-order valence-electron chi connectivity index (χ2n) is 7.35. The molecule has 1 aliphatic heterocycles. The highest BCUT2D eigenvalue weighted by atomic mass is 127. The molecular weight excluding hydrogens is 465 g/mol. The molecule has 0 aliphatic carbocycles. The van der Waals surface area contributed by atoms with Crippen molar-refractivity contribution in [2.75, 3.05) is 32.8 Å². The van der Waals surface area contributed by atoms with E-state index in [1.54, 1.807) is 6.26 Å². The van der Waals surface area contributed by atoms with Crippen molar-refractivity contribution in [3.63, 3.8) is 0 Å². The summed E-state index contributed by atoms with van der Waals surface area (Å²) in [6, 6.07) is 10.6. The molecule has 2 N–H and O–H groups in total. The highest BCUT2D eigenvalue weighted by Gasteiger charge is 2.15. The number of furan rings is 1. The molecule has 1 fully saturated rings. The van der Waals surface area contributed by atoms with Gasteiger partial charge in [0.05, 0.1) is 12.9 Å². The average Bonchev–Trinajstić information content (AvgIpc) is 3.32. The second-order valence-corrected chi connectivity index (χ2v) is 7.35. The number of halogens is 1. The van der Waals surface area contributed by atoms with E-state index in [4.69, 9.17) is 14.1 Å². The Morgan fingerprint density at radius 1 is 1.11 bits per heavy atom. The molecule has 1 unspecified atom stereocenters. The lowest BCUT2D eigenvalue weighted by atomic mass is 10.1. The lowest BCUT2D eigenvalue weighted by Gasteiger charge is -2.14. The summed E-state index contributed by atoms with van der Waals surface area (Å²) in [5.74, 6) is 2.40. The van der Waals surface area contributed by atoms with Crippen molar-refractivity contribution in [1.29, 1.82) is 0 Å². The number of hydrogen-bond acceptors (Lipinski definition) is 3. The molecule has 6 heteroatoms. The third kappa shape index (κ3) is 7.83. The van der Waals surface area contributed by atoms with Gasteiger partial charge in [0.2, 0.25) is 0 Å². The van der Waals surface area contributed by atoms with Crippen LogP contribution in [-0.2, 0) is 17.6 Å². The lowest BCUT2D eigenvalue weighted by Crippen LogP contribution is -2.39. The van der Waals surface area contributed by atoms with Gasteiger partial charge in [0.25, 0.3) is 0 Å². The lowest BCUT2D eigenvalue weighted by molar-refractivity contribution is 0.187. The molecule has 28 heavy (non-hydrogen) atoms. The van der Waals surface area contributed by atoms with E-state index >= 15 is 0 Å². The van der Waals surface area contributed by atoms with Crippen molar-refractivity contribution >= 4 is 29.9 Å². The fourth-order valence-electron chi connectivity index (χ4n) is 3.42. The number of benzene rings is 1. The first-order valence-electron chi connectivity index (χ1n) is 9.88. The molecule has 1 aromatic carbocycles. The van der Waals surface area contributed by atoms with Gasteiger partial charge in [-0.05, 0) is 44.4 Å². The summed E-state index contributed by atoms with van der Waals surface area (Å²) in [6.07, 6.45) is 4.64. The SMILES string of the molecule is Cc1cc(C)cc(CCNC(=NCC2CCOC2)NCCc2ccco2)c1.I. The molecule has 1 aromatic heterocycles. The van der Waals surface area contributed by atoms with Crippen LogP contribution in [0.1, 0.15) is 28.9 Å². The number of nitrogens with one attached hydrogen (secondary N) is 2. The van der Waals surface area contributed by atoms with E-state index < -0.39 is 0 Å². The molecule has 0 saturated carbocycles. The summed E-state index contributed by atoms with van der Waals surface area (Å²) in [4.78, 5) is 4.77. The number of hydrogen-bond donors (Lipinski definition) is 2. The van der Waals surface area contributed by atoms with Crippen LogP contribution in [0.5, 0.6) is 0 Å². The predicted molar refractivity (Wildman–Crippen MR) is 125 cm³/mol. The zero-order valence-electron chi connectivity index (χ0n) is 16.9. The number of aryl methyl sites for hydroxylation is 2. The number of aliphatic imine (C=N–C) groups is 1. The van der Waals surface area contributed by atoms with Gasteiger partial charge in [0, 0.05) is 38.6 Å². The summed E-state index contributed by atoms with van der Waals surface area (Å²) in [5, 5.41) is 6.91. The van der Waals surface area contributed by atoms with Gasteiger partial charge < -0.3 is 19.8 Å². The maximum atomic E-state index is 5.46. The number of guanidine groups is 1. The Balaban J connectivity index is 0.00000280. The smallest absolute Gasteiger partial charge is 0.191 e. The Hall–Kier alpha value is -1.54. The molecule has 2 aromatic rings. The zero-order chi connectivity index (χ0) is 18.9. The molecule has 1 aliphatic rings. The fraction of sp³-hybridized carbons (Fsp3) is 0.500. The molecule has 2 heterocycles. The van der Waals surface area contributed by atoms with Gasteiger partial charge in [-0.3, -0.25) is 4.99 Å². The highest BCUT2D eigenvalue weighted by molar-refractivity contribution is 14.0. The molecule has 5 nitrogen and oxygen atoms in total. The van der Waals surface area contributed by atoms with E-state index in [9.17, 15) is 0 Å². The van der Waals surface area contributed by atoms with E-state index in [0.29, 0.717) is 5.92 Å². The topological polar surface area (TPSA) is 58.8 Å². The molecule has 0 amide bonds. The van der Waals surface area contributed by atoms with Crippen LogP contribution in [0.2, 0.25) is 0 Å². The van der Waals surface area contributed by atoms with Crippen LogP contribution in [0, 0.1) is 19.8 Å². The Morgan fingerprint density at radius 3 is 2.50 bits per heavy atom. The van der Waals surface area contributed by atoms with Gasteiger partial charge in [0.15, 0.2) is 5.96 Å². The fourth-order valence-corrected chi connectivity index (χ4v) is 3.42. The van der Waals surface area contributed by atoms with Crippen molar-refractivity contribution in [2.45, 2.75) is 33.1 Å². The molecule has 0 spiro atoms. The summed E-state index contributed by atoms with van der Waals surface area (Å²) in [5.41, 5.74) is 3.99. The zero-order valence-corrected chi connectivity index (χ0v) is 19.2. The minimum atomic E-state index is 0. The molecule has 3 rings (SSSR count). The first-order chi connectivity index (χ1) is 13.2. The van der Waals surface area contributed by atoms with Gasteiger partial charge in [-0.2, -0.15) is 0 Å². The summed E-state index contributed by atoms with van der Waals surface area (Å²) < 4.78 is 10.9. The van der Waals surface area contributed by atoms with Crippen LogP contribution in [0.25, 0.3) is 0 Å². The Morgan fingerprint density at radius 2 is 1.86 bits per heavy atom. The number of rotatable bonds is 8. The van der Waals surface area contributed by atoms with E-state index in [1.807, 2.05) is 12.1 Å². The molecular formula is C22H32IN3O2. The Kier molecular flexibility index (Phi) is 9.84. The molecule has 154 valence electrons. The van der Waals surface area contributed by atoms with Crippen molar-refractivity contribution < 1.29 is 9.15 Å². The van der Waals surface area contributed by atoms with Crippen LogP contribution in [0.3, 0.4) is 0 Å². The molecule has 1 saturated heterocycles. The Labute approximate surface area is 185 Å². The van der Waals surface area contributed by atoms with E-state index in [1.165, 1.54) is 16.7 Å². The predicted octanol–water partition coefficient (Wildman–Crippen LogP) is 3.87. The molecule has 1 atom stereocenters. The summed E-state index contributed by atoms with van der Waals surface area (Å²) >= 11 is 0. The summed E-state index contributed by atoms with van der Waals surface area (Å²) in [6.45, 7) is 8.45. The number of ether oxygens (including phenoxy) is 1. The average molecular weight is 497 g/mol. The van der Waals surface area contributed by atoms with Gasteiger partial charge in [0.1, 0.15) is 5.76 Å². The van der Waals surface area contributed by atoms with Gasteiger partial charge >= 0.3 is 0 Å². The molecule has 0 radical (unpaired) electrons. The standard InChI is InChI=1S/C22H31N3O2.HI/c1-17-12-18(2)14-19(13-17)5-8-23-22(25-15-20-7-11-26-16-20)24-9-6-21-4-3-10-27-21;/h3-4,10,12-14,20H,5-9,11,15-16H2,1-2H3,(H2,23,24,25);1H. The van der Waals surface area contributed by atoms with Gasteiger partial charge in [-0.1, -0.05) is 29.3 Å². The maximum absolute atomic E-state index is 5.46. The third-order valence-corrected chi connectivity index (χ3v) is 4.76. The largest absolute Gasteiger partial charge is 0.469 e. The first kappa shape index (κ1) is 22.7. The van der Waals surface area contributed by atoms with Crippen LogP contribution < -0.4 is 10.6 Å². The highest BCUT2D eigenvalue weighted by Crippen LogP contribution is 2.12. The second kappa shape index (κ2) is 12.1. The van der Waals surface area contributed by atoms with Gasteiger partial charge in [-0.15, -0.1) is 24.0 Å². The van der Waals surface area contributed by atoms with E-state index in [0.717, 1.165) is 63.8 Å². The van der Waals surface area contributed by atoms with E-state index in [-0.39, 0.29) is 24.0 Å². The Bertz CT molecular complexity index is 705. The quantitative estimate of drug-likeness (QED) is 0.330. The monoisotopic (exact) mass is 497 g/mol. The van der Waals surface area contributed by atoms with E-state index in [2.05, 4.69) is 42.7 Å². The third-order valence-electron chi connectivity index (χ3n) is 4.76. The molecule has 0 bridgehead atoms. The van der Waals surface area contributed by atoms with Crippen molar-refractivity contribution in [3.05, 3.63) is 59.0 Å². The normalized spacial score (nSPS) is 16.6. The van der Waals surface area contributed by atoms with Crippen LogP contribution in [0.4, 0.5) is 0 Å². The van der Waals surface area contributed by atoms with Crippen molar-refractivity contribution in [2.24, 2.45) is 10.9 Å².